The van der Waals surface area contributed by atoms with Gasteiger partial charge in [-0.15, -0.1) is 0 Å². The van der Waals surface area contributed by atoms with Gasteiger partial charge in [-0.3, -0.25) is 9.59 Å². The second-order valence-electron chi connectivity index (χ2n) is 13.0. The molecular weight excluding hydrogens is 566 g/mol. The lowest BCUT2D eigenvalue weighted by Gasteiger charge is -2.35. The van der Waals surface area contributed by atoms with Crippen LogP contribution in [-0.4, -0.2) is 63.9 Å². The zero-order valence-corrected chi connectivity index (χ0v) is 27.1. The third-order valence-electron chi connectivity index (χ3n) is 6.54. The maximum absolute atomic E-state index is 14.3. The van der Waals surface area contributed by atoms with E-state index in [1.807, 2.05) is 55.5 Å². The molecular formula is C33H45N3O6S. The van der Waals surface area contributed by atoms with Crippen molar-refractivity contribution >= 4 is 36.5 Å². The number of alkyl carbamates (subject to hydrolysis) is 1. The van der Waals surface area contributed by atoms with E-state index in [0.717, 1.165) is 11.1 Å². The van der Waals surface area contributed by atoms with Crippen molar-refractivity contribution in [1.29, 1.82) is 0 Å². The van der Waals surface area contributed by atoms with Crippen LogP contribution in [0.1, 0.15) is 77.1 Å². The summed E-state index contributed by atoms with van der Waals surface area (Å²) in [6, 6.07) is 13.4. The molecule has 0 aliphatic heterocycles. The van der Waals surface area contributed by atoms with E-state index in [9.17, 15) is 19.2 Å². The van der Waals surface area contributed by atoms with Gasteiger partial charge in [0.05, 0.1) is 0 Å². The predicted molar refractivity (Wildman–Crippen MR) is 169 cm³/mol. The van der Waals surface area contributed by atoms with Gasteiger partial charge in [-0.05, 0) is 72.4 Å². The lowest BCUT2D eigenvalue weighted by atomic mass is 9.99. The summed E-state index contributed by atoms with van der Waals surface area (Å²) in [4.78, 5) is 55.9. The largest absolute Gasteiger partial charge is 0.458 e. The summed E-state index contributed by atoms with van der Waals surface area (Å²) in [6.45, 7) is 12.4. The molecule has 0 bridgehead atoms. The average Bonchev–Trinajstić information content (AvgIpc) is 3.73. The fraction of sp³-hybridized carbons (Fsp3) is 0.515. The predicted octanol–water partition coefficient (Wildman–Crippen LogP) is 4.92. The van der Waals surface area contributed by atoms with Crippen LogP contribution < -0.4 is 10.6 Å². The third kappa shape index (κ3) is 10.6. The van der Waals surface area contributed by atoms with Crippen molar-refractivity contribution < 1.29 is 28.7 Å². The number of aryl methyl sites for hydroxylation is 1. The number of nitrogens with one attached hydrogen (secondary N) is 2. The van der Waals surface area contributed by atoms with Gasteiger partial charge < -0.3 is 25.0 Å². The number of hydrogen-bond donors (Lipinski definition) is 3. The molecule has 3 atom stereocenters. The van der Waals surface area contributed by atoms with E-state index >= 15 is 0 Å². The summed E-state index contributed by atoms with van der Waals surface area (Å²) in [5, 5.41) is 5.54. The lowest BCUT2D eigenvalue weighted by Crippen LogP contribution is -2.56. The molecule has 10 heteroatoms. The molecule has 3 rings (SSSR count). The van der Waals surface area contributed by atoms with Crippen molar-refractivity contribution in [2.75, 3.05) is 5.75 Å². The molecule has 43 heavy (non-hydrogen) atoms. The van der Waals surface area contributed by atoms with Gasteiger partial charge in [-0.2, -0.15) is 12.6 Å². The first-order valence-corrected chi connectivity index (χ1v) is 15.3. The van der Waals surface area contributed by atoms with Crippen LogP contribution in [0.2, 0.25) is 0 Å². The molecule has 0 spiro atoms. The molecule has 0 heterocycles. The van der Waals surface area contributed by atoms with Crippen LogP contribution in [0.25, 0.3) is 0 Å². The van der Waals surface area contributed by atoms with Crippen molar-refractivity contribution in [2.24, 2.45) is 0 Å². The molecule has 1 aliphatic rings. The zero-order chi connectivity index (χ0) is 31.9. The molecule has 3 unspecified atom stereocenters. The van der Waals surface area contributed by atoms with Gasteiger partial charge >= 0.3 is 12.1 Å². The number of amides is 3. The number of ether oxygens (including phenoxy) is 2. The highest BCUT2D eigenvalue weighted by Gasteiger charge is 2.44. The molecule has 2 aromatic rings. The van der Waals surface area contributed by atoms with E-state index in [-0.39, 0.29) is 18.2 Å². The molecule has 1 fully saturated rings. The summed E-state index contributed by atoms with van der Waals surface area (Å²) in [5.41, 5.74) is 0.817. The summed E-state index contributed by atoms with van der Waals surface area (Å²) >= 11 is 4.35. The highest BCUT2D eigenvalue weighted by molar-refractivity contribution is 7.80. The Hall–Kier alpha value is -3.53. The van der Waals surface area contributed by atoms with Crippen LogP contribution in [-0.2, 0) is 30.3 Å². The Morgan fingerprint density at radius 3 is 2.05 bits per heavy atom. The van der Waals surface area contributed by atoms with Crippen LogP contribution in [0.4, 0.5) is 4.79 Å². The standard InChI is InChI=1S/C33H45N3O6S/c1-21-12-11-15-23(18-21)27(36(24-16-17-24)29(38)26(20-43)35-31(40)42-33(5,6)7)28(37)34-25(30(39)41-32(2,3)4)19-22-13-9-8-10-14-22/h8-15,18,24-27,43H,16-17,19-20H2,1-7H3,(H,34,37)(H,35,40). The molecule has 234 valence electrons. The molecule has 3 amide bonds. The van der Waals surface area contributed by atoms with E-state index in [1.54, 1.807) is 47.6 Å². The van der Waals surface area contributed by atoms with Gasteiger partial charge in [-0.25, -0.2) is 9.59 Å². The van der Waals surface area contributed by atoms with Crippen LogP contribution in [0, 0.1) is 6.92 Å². The van der Waals surface area contributed by atoms with Crippen LogP contribution in [0.3, 0.4) is 0 Å². The number of carbonyl (C=O) groups excluding carboxylic acids is 4. The minimum Gasteiger partial charge on any atom is -0.458 e. The Labute approximate surface area is 260 Å². The van der Waals surface area contributed by atoms with E-state index in [1.165, 1.54) is 4.90 Å². The Morgan fingerprint density at radius 2 is 1.51 bits per heavy atom. The molecule has 1 aliphatic carbocycles. The SMILES string of the molecule is Cc1cccc(C(C(=O)NC(Cc2ccccc2)C(=O)OC(C)(C)C)N(C(=O)C(CS)NC(=O)OC(C)(C)C)C2CC2)c1. The number of rotatable bonds is 11. The molecule has 1 saturated carbocycles. The van der Waals surface area contributed by atoms with Gasteiger partial charge in [0.2, 0.25) is 11.8 Å². The van der Waals surface area contributed by atoms with Gasteiger partial charge in [0.1, 0.15) is 29.3 Å². The van der Waals surface area contributed by atoms with E-state index < -0.39 is 53.2 Å². The van der Waals surface area contributed by atoms with Crippen molar-refractivity contribution in [3.05, 3.63) is 71.3 Å². The smallest absolute Gasteiger partial charge is 0.408 e. The fourth-order valence-electron chi connectivity index (χ4n) is 4.63. The summed E-state index contributed by atoms with van der Waals surface area (Å²) in [5.74, 6) is -1.55. The monoisotopic (exact) mass is 611 g/mol. The van der Waals surface area contributed by atoms with E-state index in [0.29, 0.717) is 18.4 Å². The van der Waals surface area contributed by atoms with Gasteiger partial charge in [-0.1, -0.05) is 60.2 Å². The van der Waals surface area contributed by atoms with Crippen LogP contribution in [0.15, 0.2) is 54.6 Å². The fourth-order valence-corrected chi connectivity index (χ4v) is 4.88. The van der Waals surface area contributed by atoms with Crippen LogP contribution >= 0.6 is 12.6 Å². The molecule has 9 nitrogen and oxygen atoms in total. The summed E-state index contributed by atoms with van der Waals surface area (Å²) in [7, 11) is 0. The number of hydrogen-bond acceptors (Lipinski definition) is 7. The summed E-state index contributed by atoms with van der Waals surface area (Å²) < 4.78 is 11.1. The second kappa shape index (κ2) is 14.3. The molecule has 2 N–H and O–H groups in total. The lowest BCUT2D eigenvalue weighted by molar-refractivity contribution is -0.159. The first kappa shape index (κ1) is 34.0. The highest BCUT2D eigenvalue weighted by atomic mass is 32.1. The maximum Gasteiger partial charge on any atom is 0.408 e. The van der Waals surface area contributed by atoms with E-state index in [4.69, 9.17) is 9.47 Å². The second-order valence-corrected chi connectivity index (χ2v) is 13.3. The van der Waals surface area contributed by atoms with Gasteiger partial charge in [0.15, 0.2) is 0 Å². The molecule has 0 radical (unpaired) electrons. The molecule has 0 aromatic heterocycles. The van der Waals surface area contributed by atoms with Gasteiger partial charge in [0, 0.05) is 18.2 Å². The van der Waals surface area contributed by atoms with E-state index in [2.05, 4.69) is 23.3 Å². The van der Waals surface area contributed by atoms with Crippen molar-refractivity contribution in [1.82, 2.24) is 15.5 Å². The maximum atomic E-state index is 14.3. The Kier molecular flexibility index (Phi) is 11.3. The Bertz CT molecular complexity index is 1280. The Balaban J connectivity index is 1.99. The van der Waals surface area contributed by atoms with Crippen LogP contribution in [0.5, 0.6) is 0 Å². The Morgan fingerprint density at radius 1 is 0.884 bits per heavy atom. The normalized spacial score (nSPS) is 15.4. The number of esters is 1. The van der Waals surface area contributed by atoms with Crippen molar-refractivity contribution in [3.63, 3.8) is 0 Å². The third-order valence-corrected chi connectivity index (χ3v) is 6.91. The average molecular weight is 612 g/mol. The number of benzene rings is 2. The topological polar surface area (TPSA) is 114 Å². The van der Waals surface area contributed by atoms with Crippen molar-refractivity contribution in [3.8, 4) is 0 Å². The minimum atomic E-state index is -1.07. The highest BCUT2D eigenvalue weighted by Crippen LogP contribution is 2.36. The first-order valence-electron chi connectivity index (χ1n) is 14.6. The van der Waals surface area contributed by atoms with Crippen molar-refractivity contribution in [2.45, 2.75) is 103 Å². The molecule has 0 saturated heterocycles. The number of nitrogens with zero attached hydrogens (tertiary/aromatic N) is 1. The number of carbonyl (C=O) groups is 4. The number of thiol groups is 1. The summed E-state index contributed by atoms with van der Waals surface area (Å²) in [6.07, 6.45) is 0.859. The minimum absolute atomic E-state index is 0.00199. The molecule has 2 aromatic carbocycles. The quantitative estimate of drug-likeness (QED) is 0.246. The first-order chi connectivity index (χ1) is 20.1. The van der Waals surface area contributed by atoms with Gasteiger partial charge in [0.25, 0.3) is 0 Å². The zero-order valence-electron chi connectivity index (χ0n) is 26.2.